The van der Waals surface area contributed by atoms with Crippen LogP contribution in [0.4, 0.5) is 5.69 Å². The van der Waals surface area contributed by atoms with Crippen LogP contribution in [-0.4, -0.2) is 43.0 Å². The zero-order valence-electron chi connectivity index (χ0n) is 14.0. The Morgan fingerprint density at radius 1 is 1.30 bits per heavy atom. The molecule has 1 aromatic carbocycles. The van der Waals surface area contributed by atoms with Crippen molar-refractivity contribution >= 4 is 17.6 Å². The van der Waals surface area contributed by atoms with Gasteiger partial charge in [-0.2, -0.15) is 0 Å². The topological polar surface area (TPSA) is 58.6 Å². The first-order valence-corrected chi connectivity index (χ1v) is 8.37. The van der Waals surface area contributed by atoms with Gasteiger partial charge in [-0.25, -0.2) is 4.79 Å². The number of hydrogen-bond donors (Lipinski definition) is 1. The molecule has 126 valence electrons. The van der Waals surface area contributed by atoms with Gasteiger partial charge in [-0.3, -0.25) is 9.69 Å². The first kappa shape index (κ1) is 17.5. The Bertz CT molecular complexity index is 545. The number of methoxy groups -OCH3 is 1. The minimum atomic E-state index is -0.442. The molecule has 5 nitrogen and oxygen atoms in total. The molecule has 1 unspecified atom stereocenters. The van der Waals surface area contributed by atoms with Gasteiger partial charge in [0.15, 0.2) is 0 Å². The second kappa shape index (κ2) is 8.67. The largest absolute Gasteiger partial charge is 0.465 e. The molecular weight excluding hydrogens is 292 g/mol. The molecule has 1 aliphatic rings. The number of nitrogens with one attached hydrogen (secondary N) is 1. The Morgan fingerprint density at radius 2 is 2.09 bits per heavy atom. The van der Waals surface area contributed by atoms with Crippen molar-refractivity contribution in [2.45, 2.75) is 45.1 Å². The van der Waals surface area contributed by atoms with Gasteiger partial charge in [0.25, 0.3) is 0 Å². The summed E-state index contributed by atoms with van der Waals surface area (Å²) in [6.07, 6.45) is 5.29. The molecule has 1 fully saturated rings. The zero-order chi connectivity index (χ0) is 16.7. The summed E-state index contributed by atoms with van der Waals surface area (Å²) in [5.41, 5.74) is 0.891. The quantitative estimate of drug-likeness (QED) is 0.819. The number of ether oxygens (including phenoxy) is 1. The fraction of sp³-hybridized carbons (Fsp3) is 0.556. The highest BCUT2D eigenvalue weighted by Gasteiger charge is 2.21. The third-order valence-electron chi connectivity index (χ3n) is 4.45. The number of amides is 1. The van der Waals surface area contributed by atoms with Crippen LogP contribution in [0, 0.1) is 0 Å². The van der Waals surface area contributed by atoms with Gasteiger partial charge in [0, 0.05) is 19.0 Å². The molecule has 1 amide bonds. The summed E-state index contributed by atoms with van der Waals surface area (Å²) in [4.78, 5) is 26.4. The van der Waals surface area contributed by atoms with E-state index in [4.69, 9.17) is 4.74 Å². The Labute approximate surface area is 138 Å². The second-order valence-electron chi connectivity index (χ2n) is 5.93. The van der Waals surface area contributed by atoms with Crippen molar-refractivity contribution in [3.05, 3.63) is 29.8 Å². The summed E-state index contributed by atoms with van der Waals surface area (Å²) in [5, 5.41) is 2.83. The lowest BCUT2D eigenvalue weighted by atomic mass is 10.00. The molecule has 0 aliphatic carbocycles. The van der Waals surface area contributed by atoms with Crippen molar-refractivity contribution in [1.29, 1.82) is 0 Å². The maximum Gasteiger partial charge on any atom is 0.339 e. The summed E-state index contributed by atoms with van der Waals surface area (Å²) in [7, 11) is 1.34. The number of rotatable bonds is 6. The third-order valence-corrected chi connectivity index (χ3v) is 4.45. The molecule has 0 spiro atoms. The Hall–Kier alpha value is -1.88. The molecule has 0 saturated carbocycles. The molecule has 23 heavy (non-hydrogen) atoms. The van der Waals surface area contributed by atoms with Gasteiger partial charge in [0.05, 0.1) is 18.4 Å². The Morgan fingerprint density at radius 3 is 2.83 bits per heavy atom. The molecule has 0 bridgehead atoms. The highest BCUT2D eigenvalue weighted by atomic mass is 16.5. The Kier molecular flexibility index (Phi) is 6.59. The number of likely N-dealkylation sites (tertiary alicyclic amines) is 1. The average molecular weight is 318 g/mol. The molecule has 1 saturated heterocycles. The number of piperidine rings is 1. The van der Waals surface area contributed by atoms with Crippen molar-refractivity contribution < 1.29 is 14.3 Å². The van der Waals surface area contributed by atoms with E-state index in [2.05, 4.69) is 17.1 Å². The van der Waals surface area contributed by atoms with Crippen molar-refractivity contribution in [3.8, 4) is 0 Å². The fourth-order valence-electron chi connectivity index (χ4n) is 3.15. The summed E-state index contributed by atoms with van der Waals surface area (Å²) >= 11 is 0. The molecule has 5 heteroatoms. The van der Waals surface area contributed by atoms with E-state index in [0.29, 0.717) is 23.7 Å². The van der Waals surface area contributed by atoms with E-state index in [1.54, 1.807) is 24.3 Å². The van der Waals surface area contributed by atoms with Gasteiger partial charge < -0.3 is 10.1 Å². The summed E-state index contributed by atoms with van der Waals surface area (Å²) in [5.74, 6) is -0.509. The zero-order valence-corrected chi connectivity index (χ0v) is 14.0. The van der Waals surface area contributed by atoms with Crippen molar-refractivity contribution in [3.63, 3.8) is 0 Å². The van der Waals surface area contributed by atoms with Crippen LogP contribution in [0.1, 0.15) is 49.4 Å². The lowest BCUT2D eigenvalue weighted by molar-refractivity contribution is -0.116. The maximum atomic E-state index is 12.2. The summed E-state index contributed by atoms with van der Waals surface area (Å²) in [6, 6.07) is 7.51. The molecule has 2 rings (SSSR count). The molecule has 0 radical (unpaired) electrons. The van der Waals surface area contributed by atoms with Crippen molar-refractivity contribution in [2.24, 2.45) is 0 Å². The number of benzene rings is 1. The van der Waals surface area contributed by atoms with Crippen LogP contribution in [0.25, 0.3) is 0 Å². The highest BCUT2D eigenvalue weighted by Crippen LogP contribution is 2.20. The van der Waals surface area contributed by atoms with E-state index >= 15 is 0 Å². The monoisotopic (exact) mass is 318 g/mol. The van der Waals surface area contributed by atoms with Gasteiger partial charge in [-0.05, 0) is 37.9 Å². The summed E-state index contributed by atoms with van der Waals surface area (Å²) in [6.45, 7) is 4.05. The molecule has 1 aliphatic heterocycles. The normalized spacial score (nSPS) is 18.4. The van der Waals surface area contributed by atoms with Crippen LogP contribution in [0.3, 0.4) is 0 Å². The second-order valence-corrected chi connectivity index (χ2v) is 5.93. The summed E-state index contributed by atoms with van der Waals surface area (Å²) < 4.78 is 4.74. The third kappa shape index (κ3) is 4.79. The lowest BCUT2D eigenvalue weighted by Crippen LogP contribution is -2.40. The van der Waals surface area contributed by atoms with Crippen LogP contribution >= 0.6 is 0 Å². The molecule has 1 heterocycles. The molecule has 1 aromatic rings. The number of anilines is 1. The van der Waals surface area contributed by atoms with Crippen LogP contribution < -0.4 is 5.32 Å². The van der Waals surface area contributed by atoms with Gasteiger partial charge in [0.2, 0.25) is 5.91 Å². The lowest BCUT2D eigenvalue weighted by Gasteiger charge is -2.35. The van der Waals surface area contributed by atoms with Crippen LogP contribution in [0.5, 0.6) is 0 Å². The van der Waals surface area contributed by atoms with E-state index in [0.717, 1.165) is 19.5 Å². The molecule has 1 N–H and O–H groups in total. The van der Waals surface area contributed by atoms with E-state index in [-0.39, 0.29) is 5.91 Å². The predicted molar refractivity (Wildman–Crippen MR) is 90.5 cm³/mol. The van der Waals surface area contributed by atoms with Gasteiger partial charge in [-0.15, -0.1) is 0 Å². The standard InChI is InChI=1S/C18H26N2O3/c1-3-14-8-6-7-12-20(14)13-11-17(21)19-16-10-5-4-9-15(16)18(22)23-2/h4-5,9-10,14H,3,6-8,11-13H2,1-2H3,(H,19,21). The smallest absolute Gasteiger partial charge is 0.339 e. The number of esters is 1. The van der Waals surface area contributed by atoms with Crippen LogP contribution in [-0.2, 0) is 9.53 Å². The number of carbonyl (C=O) groups excluding carboxylic acids is 2. The molecule has 1 atom stereocenters. The molecular formula is C18H26N2O3. The van der Waals surface area contributed by atoms with E-state index < -0.39 is 5.97 Å². The van der Waals surface area contributed by atoms with E-state index in [1.165, 1.54) is 26.4 Å². The van der Waals surface area contributed by atoms with Crippen LogP contribution in [0.15, 0.2) is 24.3 Å². The number of nitrogens with zero attached hydrogens (tertiary/aromatic N) is 1. The first-order valence-electron chi connectivity index (χ1n) is 8.37. The highest BCUT2D eigenvalue weighted by molar-refractivity contribution is 6.01. The minimum Gasteiger partial charge on any atom is -0.465 e. The van der Waals surface area contributed by atoms with E-state index in [1.807, 2.05) is 0 Å². The first-order chi connectivity index (χ1) is 11.2. The van der Waals surface area contributed by atoms with Gasteiger partial charge >= 0.3 is 5.97 Å². The minimum absolute atomic E-state index is 0.0678. The number of hydrogen-bond acceptors (Lipinski definition) is 4. The SMILES string of the molecule is CCC1CCCCN1CCC(=O)Nc1ccccc1C(=O)OC. The average Bonchev–Trinajstić information content (AvgIpc) is 2.60. The van der Waals surface area contributed by atoms with Gasteiger partial charge in [-0.1, -0.05) is 25.5 Å². The van der Waals surface area contributed by atoms with Gasteiger partial charge in [0.1, 0.15) is 0 Å². The van der Waals surface area contributed by atoms with Crippen molar-refractivity contribution in [2.75, 3.05) is 25.5 Å². The molecule has 0 aromatic heterocycles. The van der Waals surface area contributed by atoms with E-state index in [9.17, 15) is 9.59 Å². The van der Waals surface area contributed by atoms with Crippen molar-refractivity contribution in [1.82, 2.24) is 4.90 Å². The fourth-order valence-corrected chi connectivity index (χ4v) is 3.15. The Balaban J connectivity index is 1.91. The number of carbonyl (C=O) groups is 2. The predicted octanol–water partition coefficient (Wildman–Crippen LogP) is 3.07. The van der Waals surface area contributed by atoms with Crippen LogP contribution in [0.2, 0.25) is 0 Å². The maximum absolute atomic E-state index is 12.2. The number of para-hydroxylation sites is 1.